The van der Waals surface area contributed by atoms with Gasteiger partial charge in [-0.15, -0.1) is 0 Å². The fourth-order valence-corrected chi connectivity index (χ4v) is 18.1. The van der Waals surface area contributed by atoms with E-state index >= 15 is 0 Å². The van der Waals surface area contributed by atoms with Crippen LogP contribution in [-0.4, -0.2) is 28.3 Å². The first-order valence-corrected chi connectivity index (χ1v) is 17.1. The summed E-state index contributed by atoms with van der Waals surface area (Å²) in [4.78, 5) is 9.23. The molecule has 0 atom stereocenters. The van der Waals surface area contributed by atoms with Gasteiger partial charge in [0.1, 0.15) is 0 Å². The number of rotatable bonds is 11. The second kappa shape index (κ2) is 10.2. The van der Waals surface area contributed by atoms with Crippen LogP contribution in [0.3, 0.4) is 0 Å². The first kappa shape index (κ1) is 19.5. The zero-order chi connectivity index (χ0) is 17.3. The van der Waals surface area contributed by atoms with Gasteiger partial charge in [-0.25, -0.2) is 0 Å². The molecule has 2 heterocycles. The maximum atomic E-state index is 6.35. The second-order valence-electron chi connectivity index (χ2n) is 6.84. The van der Waals surface area contributed by atoms with Crippen LogP contribution < -0.4 is 3.91 Å². The summed E-state index contributed by atoms with van der Waals surface area (Å²) in [5.74, 6) is 0.844. The van der Waals surface area contributed by atoms with E-state index in [9.17, 15) is 0 Å². The zero-order valence-electron chi connectivity index (χ0n) is 15.6. The van der Waals surface area contributed by atoms with Gasteiger partial charge in [-0.3, -0.25) is 0 Å². The molecule has 0 saturated carbocycles. The number of oxazole rings is 1. The Morgan fingerprint density at radius 2 is 1.50 bits per heavy atom. The van der Waals surface area contributed by atoms with Crippen LogP contribution in [0.2, 0.25) is 13.3 Å². The molecule has 24 heavy (non-hydrogen) atoms. The Morgan fingerprint density at radius 1 is 0.875 bits per heavy atom. The minimum atomic E-state index is -2.55. The molecule has 0 unspecified atom stereocenters. The Hall–Kier alpha value is -0.841. The second-order valence-corrected chi connectivity index (χ2v) is 19.6. The van der Waals surface area contributed by atoms with Crippen molar-refractivity contribution in [2.45, 2.75) is 72.6 Å². The van der Waals surface area contributed by atoms with Gasteiger partial charge in [0.2, 0.25) is 0 Å². The predicted octanol–water partition coefficient (Wildman–Crippen LogP) is 5.79. The summed E-state index contributed by atoms with van der Waals surface area (Å²) in [5, 5.41) is 0. The van der Waals surface area contributed by atoms with Crippen LogP contribution in [0.25, 0.3) is 11.5 Å². The minimum absolute atomic E-state index is 0.844. The Balaban J connectivity index is 2.31. The molecule has 0 aliphatic rings. The third-order valence-electron chi connectivity index (χ3n) is 4.90. The van der Waals surface area contributed by atoms with Crippen molar-refractivity contribution in [1.29, 1.82) is 0 Å². The van der Waals surface area contributed by atoms with Crippen molar-refractivity contribution in [2.24, 2.45) is 0 Å². The molecule has 2 rings (SSSR count). The zero-order valence-corrected chi connectivity index (χ0v) is 18.4. The Labute approximate surface area is 151 Å². The topological polar surface area (TPSA) is 38.9 Å². The molecule has 0 aliphatic carbocycles. The number of nitrogens with zero attached hydrogens (tertiary/aromatic N) is 2. The fraction of sp³-hybridized carbons (Fsp3) is 0.600. The molecule has 0 bridgehead atoms. The van der Waals surface area contributed by atoms with Crippen molar-refractivity contribution >= 4 is 22.3 Å². The van der Waals surface area contributed by atoms with Gasteiger partial charge in [-0.05, 0) is 0 Å². The van der Waals surface area contributed by atoms with Crippen molar-refractivity contribution in [3.8, 4) is 11.5 Å². The molecule has 2 aromatic rings. The molecule has 4 heteroatoms. The van der Waals surface area contributed by atoms with E-state index in [0.717, 1.165) is 15.4 Å². The summed E-state index contributed by atoms with van der Waals surface area (Å²) in [5.41, 5.74) is 0.901. The third kappa shape index (κ3) is 5.08. The quantitative estimate of drug-likeness (QED) is 0.420. The Morgan fingerprint density at radius 3 is 2.00 bits per heavy atom. The van der Waals surface area contributed by atoms with Gasteiger partial charge < -0.3 is 0 Å². The summed E-state index contributed by atoms with van der Waals surface area (Å²) in [7, 11) is 0. The van der Waals surface area contributed by atoms with Crippen LogP contribution in [-0.2, 0) is 0 Å². The number of pyridine rings is 1. The molecule has 3 nitrogen and oxygen atoms in total. The predicted molar refractivity (Wildman–Crippen MR) is 104 cm³/mol. The molecule has 132 valence electrons. The van der Waals surface area contributed by atoms with Crippen LogP contribution in [0.5, 0.6) is 0 Å². The van der Waals surface area contributed by atoms with Crippen molar-refractivity contribution in [3.05, 3.63) is 30.6 Å². The summed E-state index contributed by atoms with van der Waals surface area (Å²) in [6, 6.07) is 5.95. The van der Waals surface area contributed by atoms with Crippen LogP contribution in [0.1, 0.15) is 59.3 Å². The molecule has 0 aliphatic heterocycles. The molecular weight excluding hydrogens is 403 g/mol. The van der Waals surface area contributed by atoms with E-state index in [2.05, 4.69) is 25.8 Å². The van der Waals surface area contributed by atoms with E-state index in [-0.39, 0.29) is 0 Å². The van der Waals surface area contributed by atoms with Gasteiger partial charge >= 0.3 is 151 Å². The van der Waals surface area contributed by atoms with Crippen LogP contribution >= 0.6 is 0 Å². The number of hydrogen-bond acceptors (Lipinski definition) is 3. The first-order chi connectivity index (χ1) is 11.8. The van der Waals surface area contributed by atoms with Gasteiger partial charge in [0.15, 0.2) is 0 Å². The SMILES string of the molecule is CCC[CH2][Sn]([CH2]CCC)([CH2]CCC)[c]1ncc(-c2ccccn2)o1. The summed E-state index contributed by atoms with van der Waals surface area (Å²) in [6.07, 6.45) is 11.5. The van der Waals surface area contributed by atoms with Gasteiger partial charge in [0.05, 0.1) is 0 Å². The summed E-state index contributed by atoms with van der Waals surface area (Å²) in [6.45, 7) is 6.89. The number of hydrogen-bond donors (Lipinski definition) is 0. The van der Waals surface area contributed by atoms with E-state index in [1.165, 1.54) is 51.8 Å². The normalized spacial score (nSPS) is 11.8. The monoisotopic (exact) mass is 436 g/mol. The van der Waals surface area contributed by atoms with Crippen molar-refractivity contribution in [1.82, 2.24) is 9.97 Å². The molecule has 0 aromatic carbocycles. The van der Waals surface area contributed by atoms with Gasteiger partial charge in [0, 0.05) is 0 Å². The standard InChI is InChI=1S/C8H5N2O.3C4H9.Sn/c1-2-4-10-7(3-1)8-5-9-6-11-8;3*1-3-4-2;/h1-5H;3*1,3-4H2,2H3;. The van der Waals surface area contributed by atoms with Gasteiger partial charge in [-0.2, -0.15) is 0 Å². The summed E-state index contributed by atoms with van der Waals surface area (Å²) < 4.78 is 11.6. The molecule has 0 saturated heterocycles. The Bertz CT molecular complexity index is 561. The van der Waals surface area contributed by atoms with Crippen LogP contribution in [0.15, 0.2) is 35.0 Å². The van der Waals surface area contributed by atoms with E-state index < -0.39 is 18.4 Å². The average Bonchev–Trinajstić information content (AvgIpc) is 3.13. The first-order valence-electron chi connectivity index (χ1n) is 9.63. The molecule has 2 aromatic heterocycles. The van der Waals surface area contributed by atoms with Crippen LogP contribution in [0, 0.1) is 0 Å². The van der Waals surface area contributed by atoms with E-state index in [1.807, 2.05) is 30.6 Å². The van der Waals surface area contributed by atoms with Crippen molar-refractivity contribution in [2.75, 3.05) is 0 Å². The number of unbranched alkanes of at least 4 members (excludes halogenated alkanes) is 3. The van der Waals surface area contributed by atoms with Crippen molar-refractivity contribution < 1.29 is 4.42 Å². The maximum absolute atomic E-state index is 6.35. The molecule has 0 spiro atoms. The fourth-order valence-electron chi connectivity index (χ4n) is 3.39. The molecule has 0 N–H and O–H groups in total. The van der Waals surface area contributed by atoms with E-state index in [0.29, 0.717) is 0 Å². The van der Waals surface area contributed by atoms with E-state index in [1.54, 1.807) is 0 Å². The molecule has 0 amide bonds. The summed E-state index contributed by atoms with van der Waals surface area (Å²) >= 11 is -2.55. The van der Waals surface area contributed by atoms with Gasteiger partial charge in [0.25, 0.3) is 0 Å². The molecule has 0 radical (unpaired) electrons. The number of aromatic nitrogens is 2. The van der Waals surface area contributed by atoms with Gasteiger partial charge in [-0.1, -0.05) is 0 Å². The van der Waals surface area contributed by atoms with E-state index in [4.69, 9.17) is 9.40 Å². The third-order valence-corrected chi connectivity index (χ3v) is 19.4. The molecule has 0 fully saturated rings. The van der Waals surface area contributed by atoms with Crippen molar-refractivity contribution in [3.63, 3.8) is 0 Å². The molecular formula is C20H32N2OSn. The average molecular weight is 435 g/mol. The van der Waals surface area contributed by atoms with Crippen LogP contribution in [0.4, 0.5) is 0 Å². The Kier molecular flexibility index (Phi) is 8.29.